The summed E-state index contributed by atoms with van der Waals surface area (Å²) in [6.07, 6.45) is -4.44. The van der Waals surface area contributed by atoms with E-state index in [0.29, 0.717) is 0 Å². The van der Waals surface area contributed by atoms with Crippen LogP contribution in [-0.2, 0) is 12.1 Å². The summed E-state index contributed by atoms with van der Waals surface area (Å²) < 4.78 is 72.0. The summed E-state index contributed by atoms with van der Waals surface area (Å²) in [6, 6.07) is 3.20. The average Bonchev–Trinajstić information content (AvgIpc) is 3.32. The maximum atomic E-state index is 13.7. The van der Waals surface area contributed by atoms with Crippen LogP contribution in [0.3, 0.4) is 0 Å². The van der Waals surface area contributed by atoms with Crippen LogP contribution in [-0.4, -0.2) is 38.1 Å². The highest BCUT2D eigenvalue weighted by Crippen LogP contribution is 2.49. The fourth-order valence-corrected chi connectivity index (χ4v) is 3.30. The monoisotopic (exact) mass is 425 g/mol. The molecule has 2 unspecified atom stereocenters. The number of aromatic nitrogens is 3. The Hall–Kier alpha value is -1.94. The van der Waals surface area contributed by atoms with E-state index in [1.807, 2.05) is 0 Å². The van der Waals surface area contributed by atoms with Crippen molar-refractivity contribution in [2.24, 2.45) is 5.92 Å². The van der Waals surface area contributed by atoms with Crippen LogP contribution in [0, 0.1) is 5.92 Å². The van der Waals surface area contributed by atoms with Crippen LogP contribution in [0.15, 0.2) is 30.9 Å². The molecular formula is C17H17ClF5N3O2. The molecule has 1 heterocycles. The number of nitrogens with zero attached hydrogens (tertiary/aromatic N) is 3. The zero-order chi connectivity index (χ0) is 20.7. The SMILES string of the molecule is CC(F)(F)C(F)C(F)(F)Oc1ccc(C(O)(Cn2cncn2)C2CC2)c(Cl)c1. The largest absolute Gasteiger partial charge is 0.436 e. The van der Waals surface area contributed by atoms with Crippen LogP contribution in [0.4, 0.5) is 22.0 Å². The molecule has 0 spiro atoms. The second kappa shape index (κ2) is 7.14. The number of hydrogen-bond donors (Lipinski definition) is 1. The van der Waals surface area contributed by atoms with Gasteiger partial charge in [0.1, 0.15) is 24.0 Å². The normalized spacial score (nSPS) is 18.6. The summed E-state index contributed by atoms with van der Waals surface area (Å²) in [5.41, 5.74) is -1.20. The van der Waals surface area contributed by atoms with Gasteiger partial charge in [-0.15, -0.1) is 0 Å². The second-order valence-corrected chi connectivity index (χ2v) is 7.32. The van der Waals surface area contributed by atoms with E-state index in [-0.39, 0.29) is 30.0 Å². The van der Waals surface area contributed by atoms with Gasteiger partial charge in [0.15, 0.2) is 0 Å². The smallest absolute Gasteiger partial charge is 0.430 e. The Kier molecular flexibility index (Phi) is 5.30. The predicted molar refractivity (Wildman–Crippen MR) is 89.2 cm³/mol. The molecule has 1 aromatic heterocycles. The predicted octanol–water partition coefficient (Wildman–Crippen LogP) is 4.19. The van der Waals surface area contributed by atoms with Gasteiger partial charge in [0, 0.05) is 12.5 Å². The lowest BCUT2D eigenvalue weighted by molar-refractivity contribution is -0.266. The second-order valence-electron chi connectivity index (χ2n) is 6.92. The van der Waals surface area contributed by atoms with E-state index >= 15 is 0 Å². The Morgan fingerprint density at radius 2 is 2.00 bits per heavy atom. The molecule has 154 valence electrons. The van der Waals surface area contributed by atoms with Crippen LogP contribution >= 0.6 is 11.6 Å². The van der Waals surface area contributed by atoms with Crippen LogP contribution in [0.2, 0.25) is 5.02 Å². The number of hydrogen-bond acceptors (Lipinski definition) is 4. The summed E-state index contributed by atoms with van der Waals surface area (Å²) in [7, 11) is 0. The van der Waals surface area contributed by atoms with Crippen LogP contribution in [0.25, 0.3) is 0 Å². The fourth-order valence-electron chi connectivity index (χ4n) is 2.97. The van der Waals surface area contributed by atoms with Gasteiger partial charge in [0.2, 0.25) is 0 Å². The van der Waals surface area contributed by atoms with Crippen molar-refractivity contribution in [2.45, 2.75) is 50.1 Å². The van der Waals surface area contributed by atoms with Gasteiger partial charge < -0.3 is 9.84 Å². The van der Waals surface area contributed by atoms with Crippen molar-refractivity contribution in [3.8, 4) is 5.75 Å². The Morgan fingerprint density at radius 1 is 1.32 bits per heavy atom. The maximum absolute atomic E-state index is 13.7. The molecule has 5 nitrogen and oxygen atoms in total. The van der Waals surface area contributed by atoms with Gasteiger partial charge in [0.05, 0.1) is 11.6 Å². The van der Waals surface area contributed by atoms with Crippen molar-refractivity contribution in [3.05, 3.63) is 41.4 Å². The molecule has 0 radical (unpaired) electrons. The lowest BCUT2D eigenvalue weighted by Gasteiger charge is -2.30. The number of benzene rings is 1. The van der Waals surface area contributed by atoms with E-state index in [0.717, 1.165) is 25.0 Å². The first-order valence-electron chi connectivity index (χ1n) is 8.37. The average molecular weight is 426 g/mol. The van der Waals surface area contributed by atoms with E-state index in [2.05, 4.69) is 14.8 Å². The van der Waals surface area contributed by atoms with Gasteiger partial charge in [0.25, 0.3) is 12.1 Å². The summed E-state index contributed by atoms with van der Waals surface area (Å²) in [6.45, 7) is 0.0628. The Balaban J connectivity index is 1.85. The van der Waals surface area contributed by atoms with E-state index in [1.54, 1.807) is 0 Å². The molecule has 11 heteroatoms. The van der Waals surface area contributed by atoms with Crippen molar-refractivity contribution >= 4 is 11.6 Å². The molecule has 1 saturated carbocycles. The molecule has 2 aromatic rings. The third kappa shape index (κ3) is 4.22. The minimum atomic E-state index is -4.77. The van der Waals surface area contributed by atoms with Crippen molar-refractivity contribution in [3.63, 3.8) is 0 Å². The molecule has 0 bridgehead atoms. The van der Waals surface area contributed by atoms with Gasteiger partial charge in [-0.1, -0.05) is 17.7 Å². The van der Waals surface area contributed by atoms with Crippen LogP contribution < -0.4 is 4.74 Å². The number of rotatable bonds is 8. The molecule has 28 heavy (non-hydrogen) atoms. The molecule has 1 fully saturated rings. The zero-order valence-corrected chi connectivity index (χ0v) is 15.4. The molecule has 3 rings (SSSR count). The molecule has 1 N–H and O–H groups in total. The third-order valence-electron chi connectivity index (χ3n) is 4.52. The molecule has 0 amide bonds. The Labute approximate surface area is 162 Å². The van der Waals surface area contributed by atoms with Crippen molar-refractivity contribution in [2.75, 3.05) is 0 Å². The van der Waals surface area contributed by atoms with Gasteiger partial charge in [-0.05, 0) is 30.9 Å². The third-order valence-corrected chi connectivity index (χ3v) is 4.84. The Morgan fingerprint density at radius 3 is 2.50 bits per heavy atom. The molecule has 1 aliphatic rings. The molecule has 1 aliphatic carbocycles. The quantitative estimate of drug-likeness (QED) is 0.644. The maximum Gasteiger partial charge on any atom is 0.436 e. The van der Waals surface area contributed by atoms with Crippen LogP contribution in [0.1, 0.15) is 25.3 Å². The number of halogens is 6. The van der Waals surface area contributed by atoms with E-state index in [1.165, 1.54) is 23.4 Å². The van der Waals surface area contributed by atoms with Crippen LogP contribution in [0.5, 0.6) is 5.75 Å². The standard InChI is InChI=1S/C17H17ClF5N3O2/c1-15(20,21)14(19)17(22,23)28-11-4-5-12(13(18)6-11)16(27,10-2-3-10)7-26-9-24-8-25-26/h4-6,8-10,14,27H,2-3,7H2,1H3. The Bertz CT molecular complexity index is 827. The number of aliphatic hydroxyl groups is 1. The summed E-state index contributed by atoms with van der Waals surface area (Å²) in [5.74, 6) is -5.03. The van der Waals surface area contributed by atoms with Gasteiger partial charge >= 0.3 is 6.11 Å². The highest BCUT2D eigenvalue weighted by Gasteiger charge is 2.55. The number of alkyl halides is 5. The lowest BCUT2D eigenvalue weighted by atomic mass is 9.88. The van der Waals surface area contributed by atoms with Crippen molar-refractivity contribution in [1.29, 1.82) is 0 Å². The summed E-state index contributed by atoms with van der Waals surface area (Å²) in [4.78, 5) is 3.80. The van der Waals surface area contributed by atoms with E-state index in [9.17, 15) is 27.1 Å². The minimum Gasteiger partial charge on any atom is -0.430 e. The van der Waals surface area contributed by atoms with Crippen molar-refractivity contribution in [1.82, 2.24) is 14.8 Å². The first-order chi connectivity index (χ1) is 12.9. The summed E-state index contributed by atoms with van der Waals surface area (Å²) >= 11 is 6.15. The van der Waals surface area contributed by atoms with E-state index in [4.69, 9.17) is 11.6 Å². The van der Waals surface area contributed by atoms with Crippen molar-refractivity contribution < 1.29 is 31.8 Å². The topological polar surface area (TPSA) is 60.2 Å². The summed E-state index contributed by atoms with van der Waals surface area (Å²) in [5, 5.41) is 15.0. The van der Waals surface area contributed by atoms with E-state index < -0.39 is 29.6 Å². The minimum absolute atomic E-state index is 0.0301. The molecule has 2 atom stereocenters. The van der Waals surface area contributed by atoms with Gasteiger partial charge in [-0.25, -0.2) is 22.8 Å². The highest BCUT2D eigenvalue weighted by atomic mass is 35.5. The molecule has 0 saturated heterocycles. The van der Waals surface area contributed by atoms with Gasteiger partial charge in [-0.3, -0.25) is 0 Å². The molecule has 1 aromatic carbocycles. The highest BCUT2D eigenvalue weighted by molar-refractivity contribution is 6.31. The lowest BCUT2D eigenvalue weighted by Crippen LogP contribution is -2.46. The first-order valence-corrected chi connectivity index (χ1v) is 8.75. The fraction of sp³-hybridized carbons (Fsp3) is 0.529. The molecular weight excluding hydrogens is 409 g/mol. The first kappa shape index (κ1) is 20.8. The number of ether oxygens (including phenoxy) is 1. The zero-order valence-electron chi connectivity index (χ0n) is 14.6. The van der Waals surface area contributed by atoms with Gasteiger partial charge in [-0.2, -0.15) is 13.9 Å². The molecule has 0 aliphatic heterocycles.